The number of hydrogen-bond acceptors (Lipinski definition) is 3. The summed E-state index contributed by atoms with van der Waals surface area (Å²) >= 11 is 0. The average Bonchev–Trinajstić information content (AvgIpc) is 2.73. The van der Waals surface area contributed by atoms with E-state index in [1.807, 2.05) is 0 Å². The van der Waals surface area contributed by atoms with E-state index in [-0.39, 0.29) is 5.91 Å². The molecular formula is C11H14N4O. The van der Waals surface area contributed by atoms with E-state index >= 15 is 0 Å². The third kappa shape index (κ3) is 2.03. The fourth-order valence-electron chi connectivity index (χ4n) is 1.46. The molecule has 84 valence electrons. The molecule has 0 saturated carbocycles. The van der Waals surface area contributed by atoms with Gasteiger partial charge in [0, 0.05) is 18.9 Å². The summed E-state index contributed by atoms with van der Waals surface area (Å²) in [5.41, 5.74) is 1.12. The predicted molar refractivity (Wildman–Crippen MR) is 60.2 cm³/mol. The number of nitrogens with one attached hydrogen (secondary N) is 1. The third-order valence-electron chi connectivity index (χ3n) is 2.34. The van der Waals surface area contributed by atoms with Crippen LogP contribution < -0.4 is 5.32 Å². The summed E-state index contributed by atoms with van der Waals surface area (Å²) in [5, 5.41) is 6.91. The van der Waals surface area contributed by atoms with E-state index in [2.05, 4.69) is 22.3 Å². The van der Waals surface area contributed by atoms with Gasteiger partial charge in [-0.25, -0.2) is 9.50 Å². The first-order valence-electron chi connectivity index (χ1n) is 5.39. The first-order chi connectivity index (χ1) is 7.83. The second-order valence-corrected chi connectivity index (χ2v) is 3.56. The Morgan fingerprint density at radius 3 is 3.25 bits per heavy atom. The van der Waals surface area contributed by atoms with Gasteiger partial charge in [0.1, 0.15) is 5.56 Å². The molecule has 0 radical (unpaired) electrons. The lowest BCUT2D eigenvalue weighted by Gasteiger charge is -2.01. The quantitative estimate of drug-likeness (QED) is 0.786. The third-order valence-corrected chi connectivity index (χ3v) is 2.34. The summed E-state index contributed by atoms with van der Waals surface area (Å²) in [7, 11) is 0. The fraction of sp³-hybridized carbons (Fsp3) is 0.364. The van der Waals surface area contributed by atoms with Crippen molar-refractivity contribution in [3.63, 3.8) is 0 Å². The minimum Gasteiger partial charge on any atom is -0.352 e. The zero-order chi connectivity index (χ0) is 11.4. The Kier molecular flexibility index (Phi) is 3.14. The van der Waals surface area contributed by atoms with E-state index in [4.69, 9.17) is 0 Å². The van der Waals surface area contributed by atoms with Crippen LogP contribution in [0.3, 0.4) is 0 Å². The summed E-state index contributed by atoms with van der Waals surface area (Å²) in [6.45, 7) is 2.78. The number of unbranched alkanes of at least 4 members (excludes halogenated alkanes) is 1. The van der Waals surface area contributed by atoms with Crippen molar-refractivity contribution < 1.29 is 4.79 Å². The molecule has 2 aromatic rings. The van der Waals surface area contributed by atoms with E-state index in [1.54, 1.807) is 29.2 Å². The van der Waals surface area contributed by atoms with Gasteiger partial charge in [0.05, 0.1) is 6.20 Å². The van der Waals surface area contributed by atoms with Crippen molar-refractivity contribution in [3.8, 4) is 0 Å². The standard InChI is InChI=1S/C11H14N4O/c1-2-3-5-13-11(16)9-8-14-15-7-4-6-12-10(9)15/h4,6-8H,2-3,5H2,1H3,(H,13,16). The highest BCUT2D eigenvalue weighted by atomic mass is 16.1. The van der Waals surface area contributed by atoms with Gasteiger partial charge in [-0.1, -0.05) is 13.3 Å². The molecule has 16 heavy (non-hydrogen) atoms. The number of nitrogens with zero attached hydrogens (tertiary/aromatic N) is 3. The van der Waals surface area contributed by atoms with Crippen molar-refractivity contribution in [1.29, 1.82) is 0 Å². The second-order valence-electron chi connectivity index (χ2n) is 3.56. The summed E-state index contributed by atoms with van der Waals surface area (Å²) < 4.78 is 1.59. The highest BCUT2D eigenvalue weighted by Crippen LogP contribution is 2.06. The van der Waals surface area contributed by atoms with Crippen LogP contribution in [-0.4, -0.2) is 27.0 Å². The monoisotopic (exact) mass is 218 g/mol. The summed E-state index contributed by atoms with van der Waals surface area (Å²) in [4.78, 5) is 15.9. The SMILES string of the molecule is CCCCNC(=O)c1cnn2cccnc12. The fourth-order valence-corrected chi connectivity index (χ4v) is 1.46. The molecule has 0 fully saturated rings. The molecule has 0 aliphatic rings. The first kappa shape index (κ1) is 10.6. The van der Waals surface area contributed by atoms with Crippen molar-refractivity contribution in [2.75, 3.05) is 6.54 Å². The number of aromatic nitrogens is 3. The van der Waals surface area contributed by atoms with E-state index in [0.29, 0.717) is 17.8 Å². The molecule has 5 nitrogen and oxygen atoms in total. The Bertz CT molecular complexity index is 491. The maximum atomic E-state index is 11.8. The molecule has 1 amide bonds. The van der Waals surface area contributed by atoms with Crippen molar-refractivity contribution in [2.45, 2.75) is 19.8 Å². The topological polar surface area (TPSA) is 59.3 Å². The minimum absolute atomic E-state index is 0.109. The van der Waals surface area contributed by atoms with Gasteiger partial charge < -0.3 is 5.32 Å². The van der Waals surface area contributed by atoms with Crippen LogP contribution in [0.1, 0.15) is 30.1 Å². The molecule has 0 aliphatic carbocycles. The molecule has 1 N–H and O–H groups in total. The van der Waals surface area contributed by atoms with Gasteiger partial charge in [0.15, 0.2) is 5.65 Å². The van der Waals surface area contributed by atoms with Crippen molar-refractivity contribution in [1.82, 2.24) is 19.9 Å². The van der Waals surface area contributed by atoms with E-state index in [1.165, 1.54) is 0 Å². The zero-order valence-corrected chi connectivity index (χ0v) is 9.18. The van der Waals surface area contributed by atoms with Crippen LogP contribution in [-0.2, 0) is 0 Å². The first-order valence-corrected chi connectivity index (χ1v) is 5.39. The average molecular weight is 218 g/mol. The highest BCUT2D eigenvalue weighted by Gasteiger charge is 2.12. The van der Waals surface area contributed by atoms with Crippen molar-refractivity contribution in [3.05, 3.63) is 30.2 Å². The van der Waals surface area contributed by atoms with Crippen LogP contribution >= 0.6 is 0 Å². The highest BCUT2D eigenvalue weighted by molar-refractivity contribution is 5.99. The zero-order valence-electron chi connectivity index (χ0n) is 9.18. The maximum Gasteiger partial charge on any atom is 0.256 e. The molecule has 0 aliphatic heterocycles. The lowest BCUT2D eigenvalue weighted by Crippen LogP contribution is -2.24. The Morgan fingerprint density at radius 2 is 2.44 bits per heavy atom. The molecule has 2 aromatic heterocycles. The molecule has 0 aromatic carbocycles. The van der Waals surface area contributed by atoms with Gasteiger partial charge >= 0.3 is 0 Å². The lowest BCUT2D eigenvalue weighted by molar-refractivity contribution is 0.0954. The van der Waals surface area contributed by atoms with Crippen LogP contribution in [0.2, 0.25) is 0 Å². The number of carbonyl (C=O) groups excluding carboxylic acids is 1. The number of amides is 1. The molecule has 0 spiro atoms. The van der Waals surface area contributed by atoms with Crippen molar-refractivity contribution >= 4 is 11.6 Å². The normalized spacial score (nSPS) is 10.6. The van der Waals surface area contributed by atoms with Crippen LogP contribution in [0.15, 0.2) is 24.7 Å². The summed E-state index contributed by atoms with van der Waals surface area (Å²) in [6.07, 6.45) is 7.01. The molecule has 0 saturated heterocycles. The van der Waals surface area contributed by atoms with Crippen LogP contribution in [0.25, 0.3) is 5.65 Å². The molecule has 5 heteroatoms. The maximum absolute atomic E-state index is 11.8. The number of carbonyl (C=O) groups is 1. The minimum atomic E-state index is -0.109. The van der Waals surface area contributed by atoms with Gasteiger partial charge in [-0.3, -0.25) is 4.79 Å². The molecule has 0 bridgehead atoms. The Balaban J connectivity index is 2.17. The van der Waals surface area contributed by atoms with Crippen LogP contribution in [0.5, 0.6) is 0 Å². The summed E-state index contributed by atoms with van der Waals surface area (Å²) in [5.74, 6) is -0.109. The Labute approximate surface area is 93.5 Å². The van der Waals surface area contributed by atoms with Gasteiger partial charge in [0.2, 0.25) is 0 Å². The Hall–Kier alpha value is -1.91. The molecule has 2 rings (SSSR count). The van der Waals surface area contributed by atoms with Gasteiger partial charge in [0.25, 0.3) is 5.91 Å². The molecule has 0 unspecified atom stereocenters. The van der Waals surface area contributed by atoms with E-state index in [0.717, 1.165) is 12.8 Å². The van der Waals surface area contributed by atoms with Gasteiger partial charge in [-0.15, -0.1) is 0 Å². The van der Waals surface area contributed by atoms with Crippen LogP contribution in [0.4, 0.5) is 0 Å². The largest absolute Gasteiger partial charge is 0.352 e. The van der Waals surface area contributed by atoms with Crippen molar-refractivity contribution in [2.24, 2.45) is 0 Å². The smallest absolute Gasteiger partial charge is 0.256 e. The van der Waals surface area contributed by atoms with E-state index < -0.39 is 0 Å². The molecule has 2 heterocycles. The van der Waals surface area contributed by atoms with Gasteiger partial charge in [-0.05, 0) is 12.5 Å². The summed E-state index contributed by atoms with van der Waals surface area (Å²) in [6, 6.07) is 1.78. The number of hydrogen-bond donors (Lipinski definition) is 1. The second kappa shape index (κ2) is 4.74. The molecular weight excluding hydrogens is 204 g/mol. The van der Waals surface area contributed by atoms with Crippen LogP contribution in [0, 0.1) is 0 Å². The lowest BCUT2D eigenvalue weighted by atomic mass is 10.3. The predicted octanol–water partition coefficient (Wildman–Crippen LogP) is 1.26. The number of fused-ring (bicyclic) bond motifs is 1. The van der Waals surface area contributed by atoms with Gasteiger partial charge in [-0.2, -0.15) is 5.10 Å². The van der Waals surface area contributed by atoms with E-state index in [9.17, 15) is 4.79 Å². The number of rotatable bonds is 4. The molecule has 0 atom stereocenters. The Morgan fingerprint density at radius 1 is 1.56 bits per heavy atom.